The molecule has 0 saturated carbocycles. The van der Waals surface area contributed by atoms with E-state index >= 15 is 0 Å². The summed E-state index contributed by atoms with van der Waals surface area (Å²) in [6.45, 7) is 22.6. The second-order valence-electron chi connectivity index (χ2n) is 12.5. The van der Waals surface area contributed by atoms with Gasteiger partial charge in [-0.25, -0.2) is 0 Å². The number of aromatic nitrogens is 1. The fraction of sp³-hybridized carbons (Fsp3) is 0.607. The number of hydrogen-bond acceptors (Lipinski definition) is 3. The van der Waals surface area contributed by atoms with Crippen molar-refractivity contribution in [1.82, 2.24) is 4.98 Å². The highest BCUT2D eigenvalue weighted by Crippen LogP contribution is 2.50. The molecule has 1 aliphatic carbocycles. The number of nitrogens with zero attached hydrogens (tertiary/aromatic N) is 1. The smallest absolute Gasteiger partial charge is 0.192 e. The van der Waals surface area contributed by atoms with Crippen molar-refractivity contribution >= 4 is 30.9 Å². The van der Waals surface area contributed by atoms with Crippen LogP contribution >= 0.6 is 22.6 Å². The fourth-order valence-electron chi connectivity index (χ4n) is 4.49. The van der Waals surface area contributed by atoms with E-state index in [1.165, 1.54) is 11.1 Å². The minimum absolute atomic E-state index is 0.00854. The number of rotatable bonds is 5. The zero-order valence-corrected chi connectivity index (χ0v) is 25.3. The summed E-state index contributed by atoms with van der Waals surface area (Å²) in [7, 11) is -1.99. The van der Waals surface area contributed by atoms with Gasteiger partial charge < -0.3 is 9.53 Å². The van der Waals surface area contributed by atoms with Crippen molar-refractivity contribution in [1.29, 1.82) is 0 Å². The maximum Gasteiger partial charge on any atom is 0.192 e. The molecule has 3 nitrogen and oxygen atoms in total. The van der Waals surface area contributed by atoms with E-state index in [1.54, 1.807) is 0 Å². The molecule has 0 saturated heterocycles. The molecule has 33 heavy (non-hydrogen) atoms. The highest BCUT2D eigenvalue weighted by Gasteiger charge is 2.44. The Labute approximate surface area is 216 Å². The molecule has 1 aliphatic rings. The molecule has 1 N–H and O–H groups in total. The van der Waals surface area contributed by atoms with Crippen molar-refractivity contribution in [2.24, 2.45) is 5.41 Å². The minimum atomic E-state index is -1.99. The lowest BCUT2D eigenvalue weighted by Crippen LogP contribution is -2.44. The van der Waals surface area contributed by atoms with Crippen LogP contribution < -0.4 is 0 Å². The Hall–Kier alpha value is -0.763. The van der Waals surface area contributed by atoms with E-state index in [0.29, 0.717) is 0 Å². The first-order valence-electron chi connectivity index (χ1n) is 12.2. The predicted octanol–water partition coefficient (Wildman–Crippen LogP) is 8.24. The van der Waals surface area contributed by atoms with Crippen molar-refractivity contribution in [3.63, 3.8) is 0 Å². The number of pyridine rings is 1. The second-order valence-corrected chi connectivity index (χ2v) is 18.3. The first-order valence-corrected chi connectivity index (χ1v) is 16.2. The normalized spacial score (nSPS) is 19.5. The Morgan fingerprint density at radius 3 is 2.24 bits per heavy atom. The number of benzene rings is 1. The number of hydrogen-bond donors (Lipinski definition) is 1. The molecular formula is C28H42INO2Si. The molecule has 0 spiro atoms. The summed E-state index contributed by atoms with van der Waals surface area (Å²) < 4.78 is 8.19. The van der Waals surface area contributed by atoms with Crippen LogP contribution in [0, 0.1) is 15.9 Å². The monoisotopic (exact) mass is 579 g/mol. The quantitative estimate of drug-likeness (QED) is 0.287. The average Bonchev–Trinajstić information content (AvgIpc) is 2.65. The van der Waals surface area contributed by atoms with Gasteiger partial charge in [0, 0.05) is 20.4 Å². The first kappa shape index (κ1) is 26.8. The van der Waals surface area contributed by atoms with Crippen LogP contribution in [0.5, 0.6) is 0 Å². The molecule has 0 fully saturated rings. The standard InChI is InChI=1S/C28H42INO2Si/c1-17(2)25-23(26(31)19-13-11-18(3)12-14-19)24(29)22-20(30-25)15-28(7,8)16-21(22)32-33(9,10)27(4,5)6/h11-14,17,21,26,31H,15-16H2,1-10H3/t21?,26-/m0/s1. The van der Waals surface area contributed by atoms with E-state index in [0.717, 1.165) is 38.9 Å². The molecule has 0 bridgehead atoms. The van der Waals surface area contributed by atoms with Gasteiger partial charge in [0.05, 0.1) is 11.8 Å². The van der Waals surface area contributed by atoms with Gasteiger partial charge in [0.25, 0.3) is 0 Å². The van der Waals surface area contributed by atoms with Gasteiger partial charge in [-0.2, -0.15) is 0 Å². The topological polar surface area (TPSA) is 42.4 Å². The van der Waals surface area contributed by atoms with Crippen molar-refractivity contribution in [2.75, 3.05) is 0 Å². The third kappa shape index (κ3) is 5.57. The molecule has 5 heteroatoms. The second kappa shape index (κ2) is 9.36. The average molecular weight is 580 g/mol. The molecule has 2 atom stereocenters. The van der Waals surface area contributed by atoms with Crippen molar-refractivity contribution in [2.45, 2.75) is 104 Å². The van der Waals surface area contributed by atoms with E-state index < -0.39 is 14.4 Å². The van der Waals surface area contributed by atoms with Crippen LogP contribution in [0.15, 0.2) is 24.3 Å². The molecule has 1 aromatic heterocycles. The fourth-order valence-corrected chi connectivity index (χ4v) is 6.99. The third-order valence-corrected chi connectivity index (χ3v) is 13.1. The minimum Gasteiger partial charge on any atom is -0.410 e. The van der Waals surface area contributed by atoms with Gasteiger partial charge in [0.2, 0.25) is 0 Å². The van der Waals surface area contributed by atoms with Crippen LogP contribution in [0.1, 0.15) is 107 Å². The van der Waals surface area contributed by atoms with Crippen LogP contribution in [-0.4, -0.2) is 18.4 Å². The number of fused-ring (bicyclic) bond motifs is 1. The van der Waals surface area contributed by atoms with Gasteiger partial charge in [-0.05, 0) is 77.4 Å². The van der Waals surface area contributed by atoms with Crippen molar-refractivity contribution in [3.05, 3.63) is 61.5 Å². The summed E-state index contributed by atoms with van der Waals surface area (Å²) >= 11 is 2.47. The number of halogens is 1. The van der Waals surface area contributed by atoms with Crippen LogP contribution in [0.2, 0.25) is 18.1 Å². The number of aryl methyl sites for hydroxylation is 1. The predicted molar refractivity (Wildman–Crippen MR) is 149 cm³/mol. The van der Waals surface area contributed by atoms with Crippen LogP contribution in [0.3, 0.4) is 0 Å². The third-order valence-electron chi connectivity index (χ3n) is 7.48. The molecular weight excluding hydrogens is 537 g/mol. The molecule has 3 rings (SSSR count). The Morgan fingerprint density at radius 1 is 1.15 bits per heavy atom. The highest BCUT2D eigenvalue weighted by molar-refractivity contribution is 14.1. The Kier molecular flexibility index (Phi) is 7.61. The zero-order valence-electron chi connectivity index (χ0n) is 22.1. The Morgan fingerprint density at radius 2 is 1.73 bits per heavy atom. The van der Waals surface area contributed by atoms with Gasteiger partial charge in [0.15, 0.2) is 8.32 Å². The summed E-state index contributed by atoms with van der Waals surface area (Å²) in [5, 5.41) is 11.7. The van der Waals surface area contributed by atoms with Gasteiger partial charge >= 0.3 is 0 Å². The lowest BCUT2D eigenvalue weighted by molar-refractivity contribution is 0.104. The summed E-state index contributed by atoms with van der Waals surface area (Å²) in [5.41, 5.74) is 6.57. The lowest BCUT2D eigenvalue weighted by Gasteiger charge is -2.44. The van der Waals surface area contributed by atoms with E-state index in [9.17, 15) is 5.11 Å². The van der Waals surface area contributed by atoms with E-state index in [1.807, 2.05) is 12.1 Å². The Balaban J connectivity index is 2.21. The van der Waals surface area contributed by atoms with E-state index in [-0.39, 0.29) is 22.5 Å². The lowest BCUT2D eigenvalue weighted by atomic mass is 9.74. The van der Waals surface area contributed by atoms with E-state index in [4.69, 9.17) is 9.41 Å². The summed E-state index contributed by atoms with van der Waals surface area (Å²) in [6, 6.07) is 8.20. The number of aliphatic hydroxyl groups excluding tert-OH is 1. The number of aliphatic hydroxyl groups is 1. The summed E-state index contributed by atoms with van der Waals surface area (Å²) in [4.78, 5) is 5.25. The van der Waals surface area contributed by atoms with Crippen molar-refractivity contribution in [3.8, 4) is 0 Å². The SMILES string of the molecule is Cc1ccc([C@H](O)c2c(C(C)C)nc3c(c2I)C(O[Si](C)(C)C(C)(C)C)CC(C)(C)C3)cc1. The molecule has 1 heterocycles. The largest absolute Gasteiger partial charge is 0.410 e. The molecule has 0 amide bonds. The summed E-state index contributed by atoms with van der Waals surface area (Å²) in [6.07, 6.45) is 1.23. The van der Waals surface area contributed by atoms with Crippen LogP contribution in [0.4, 0.5) is 0 Å². The first-order chi connectivity index (χ1) is 15.0. The van der Waals surface area contributed by atoms with Gasteiger partial charge in [-0.15, -0.1) is 0 Å². The van der Waals surface area contributed by atoms with Gasteiger partial charge in [0.1, 0.15) is 6.10 Å². The van der Waals surface area contributed by atoms with Crippen LogP contribution in [-0.2, 0) is 10.8 Å². The van der Waals surface area contributed by atoms with Gasteiger partial charge in [-0.1, -0.05) is 78.3 Å². The molecule has 1 unspecified atom stereocenters. The molecule has 0 aliphatic heterocycles. The van der Waals surface area contributed by atoms with E-state index in [2.05, 4.69) is 103 Å². The maximum absolute atomic E-state index is 11.6. The summed E-state index contributed by atoms with van der Waals surface area (Å²) in [5.74, 6) is 0.226. The highest BCUT2D eigenvalue weighted by atomic mass is 127. The maximum atomic E-state index is 11.6. The Bertz CT molecular complexity index is 1010. The molecule has 0 radical (unpaired) electrons. The van der Waals surface area contributed by atoms with Gasteiger partial charge in [-0.3, -0.25) is 4.98 Å². The zero-order chi connectivity index (χ0) is 24.9. The molecule has 2 aromatic rings. The van der Waals surface area contributed by atoms with Crippen molar-refractivity contribution < 1.29 is 9.53 Å². The molecule has 182 valence electrons. The van der Waals surface area contributed by atoms with Crippen LogP contribution in [0.25, 0.3) is 0 Å². The molecule has 1 aromatic carbocycles.